The smallest absolute Gasteiger partial charge is 0.295 e. The van der Waals surface area contributed by atoms with Gasteiger partial charge in [0.15, 0.2) is 0 Å². The predicted octanol–water partition coefficient (Wildman–Crippen LogP) is 0.727. The van der Waals surface area contributed by atoms with Gasteiger partial charge in [0.05, 0.1) is 11.6 Å². The van der Waals surface area contributed by atoms with Crippen LogP contribution in [0.4, 0.5) is 0 Å². The van der Waals surface area contributed by atoms with E-state index in [9.17, 15) is 9.90 Å². The van der Waals surface area contributed by atoms with Crippen LogP contribution in [0.1, 0.15) is 56.2 Å². The van der Waals surface area contributed by atoms with Crippen molar-refractivity contribution in [3.63, 3.8) is 0 Å². The van der Waals surface area contributed by atoms with E-state index in [1.807, 2.05) is 6.92 Å². The third-order valence-electron chi connectivity index (χ3n) is 3.24. The number of aliphatic hydroxyl groups is 1. The molecule has 1 unspecified atom stereocenters. The summed E-state index contributed by atoms with van der Waals surface area (Å²) in [7, 11) is 0. The second kappa shape index (κ2) is 5.88. The van der Waals surface area contributed by atoms with E-state index in [1.165, 1.54) is 4.90 Å². The quantitative estimate of drug-likeness (QED) is 0.827. The Morgan fingerprint density at radius 2 is 2.35 bits per heavy atom. The second-order valence-electron chi connectivity index (χ2n) is 5.74. The van der Waals surface area contributed by atoms with Crippen molar-refractivity contribution in [3.8, 4) is 0 Å². The maximum absolute atomic E-state index is 12.3. The normalized spacial score (nSPS) is 19.3. The molecule has 2 N–H and O–H groups in total. The molecule has 1 aromatic rings. The maximum atomic E-state index is 12.3. The van der Waals surface area contributed by atoms with Gasteiger partial charge in [0.25, 0.3) is 11.7 Å². The highest BCUT2D eigenvalue weighted by molar-refractivity contribution is 5.90. The lowest BCUT2D eigenvalue weighted by atomic mass is 10.1. The van der Waals surface area contributed by atoms with Crippen LogP contribution in [0.3, 0.4) is 0 Å². The lowest BCUT2D eigenvalue weighted by Gasteiger charge is -2.26. The van der Waals surface area contributed by atoms with Crippen molar-refractivity contribution in [1.29, 1.82) is 0 Å². The van der Waals surface area contributed by atoms with E-state index in [0.717, 1.165) is 19.4 Å². The van der Waals surface area contributed by atoms with E-state index in [-0.39, 0.29) is 24.3 Å². The molecule has 0 saturated carbocycles. The van der Waals surface area contributed by atoms with Gasteiger partial charge in [-0.25, -0.2) is 0 Å². The molecule has 0 radical (unpaired) electrons. The van der Waals surface area contributed by atoms with E-state index in [4.69, 9.17) is 4.52 Å². The highest BCUT2D eigenvalue weighted by atomic mass is 16.5. The van der Waals surface area contributed by atoms with Crippen LogP contribution in [0, 0.1) is 0 Å². The molecule has 1 aromatic heterocycles. The van der Waals surface area contributed by atoms with E-state index >= 15 is 0 Å². The number of hydrogen-bond donors (Lipinski definition) is 2. The minimum atomic E-state index is -0.953. The molecular weight excluding hydrogens is 260 g/mol. The fourth-order valence-corrected chi connectivity index (χ4v) is 2.29. The molecule has 7 nitrogen and oxygen atoms in total. The summed E-state index contributed by atoms with van der Waals surface area (Å²) in [5.74, 6) is 0.201. The monoisotopic (exact) mass is 282 g/mol. The summed E-state index contributed by atoms with van der Waals surface area (Å²) in [6, 6.07) is 0.0495. The van der Waals surface area contributed by atoms with Gasteiger partial charge in [-0.05, 0) is 40.2 Å². The van der Waals surface area contributed by atoms with Gasteiger partial charge in [0.1, 0.15) is 0 Å². The van der Waals surface area contributed by atoms with Crippen molar-refractivity contribution < 1.29 is 14.4 Å². The molecule has 0 aromatic carbocycles. The van der Waals surface area contributed by atoms with Gasteiger partial charge in [-0.15, -0.1) is 0 Å². The number of likely N-dealkylation sites (N-methyl/N-ethyl adjacent to an activating group) is 1. The SMILES string of the molecule is CCN(CC(C)(C)O)C(=O)c1noc(C2CCCN2)n1. The zero-order valence-electron chi connectivity index (χ0n) is 12.2. The molecule has 1 aliphatic heterocycles. The van der Waals surface area contributed by atoms with Crippen LogP contribution in [-0.2, 0) is 0 Å². The molecule has 0 bridgehead atoms. The average Bonchev–Trinajstić information content (AvgIpc) is 3.03. The summed E-state index contributed by atoms with van der Waals surface area (Å²) in [6.07, 6.45) is 2.01. The van der Waals surface area contributed by atoms with Crippen molar-refractivity contribution in [2.75, 3.05) is 19.6 Å². The number of nitrogens with one attached hydrogen (secondary N) is 1. The molecule has 2 rings (SSSR count). The van der Waals surface area contributed by atoms with Gasteiger partial charge in [-0.2, -0.15) is 4.98 Å². The van der Waals surface area contributed by atoms with E-state index in [1.54, 1.807) is 13.8 Å². The Bertz CT molecular complexity index is 460. The van der Waals surface area contributed by atoms with Crippen LogP contribution < -0.4 is 5.32 Å². The topological polar surface area (TPSA) is 91.5 Å². The largest absolute Gasteiger partial charge is 0.389 e. The molecule has 20 heavy (non-hydrogen) atoms. The Kier molecular flexibility index (Phi) is 4.39. The number of carbonyl (C=O) groups is 1. The van der Waals surface area contributed by atoms with Gasteiger partial charge < -0.3 is 19.8 Å². The van der Waals surface area contributed by atoms with Gasteiger partial charge in [0, 0.05) is 13.1 Å². The summed E-state index contributed by atoms with van der Waals surface area (Å²) >= 11 is 0. The first-order valence-electron chi connectivity index (χ1n) is 6.99. The number of amides is 1. The molecule has 1 aliphatic rings. The predicted molar refractivity (Wildman–Crippen MR) is 72.2 cm³/mol. The molecule has 1 saturated heterocycles. The lowest BCUT2D eigenvalue weighted by molar-refractivity contribution is 0.0306. The Balaban J connectivity index is 2.07. The number of rotatable bonds is 5. The third-order valence-corrected chi connectivity index (χ3v) is 3.24. The van der Waals surface area contributed by atoms with E-state index in [0.29, 0.717) is 12.4 Å². The fraction of sp³-hybridized carbons (Fsp3) is 0.769. The van der Waals surface area contributed by atoms with Crippen LogP contribution in [0.15, 0.2) is 4.52 Å². The summed E-state index contributed by atoms with van der Waals surface area (Å²) in [6.45, 7) is 6.81. The minimum absolute atomic E-state index is 0.0495. The number of nitrogens with zero attached hydrogens (tertiary/aromatic N) is 3. The molecule has 0 aliphatic carbocycles. The van der Waals surface area contributed by atoms with Crippen LogP contribution in [0.5, 0.6) is 0 Å². The minimum Gasteiger partial charge on any atom is -0.389 e. The van der Waals surface area contributed by atoms with Crippen LogP contribution in [0.2, 0.25) is 0 Å². The Labute approximate surface area is 118 Å². The molecular formula is C13H22N4O3. The van der Waals surface area contributed by atoms with Gasteiger partial charge in [-0.1, -0.05) is 5.16 Å². The number of carbonyl (C=O) groups excluding carboxylic acids is 1. The molecule has 7 heteroatoms. The van der Waals surface area contributed by atoms with E-state index < -0.39 is 5.60 Å². The van der Waals surface area contributed by atoms with Gasteiger partial charge in [0.2, 0.25) is 5.89 Å². The highest BCUT2D eigenvalue weighted by Gasteiger charge is 2.28. The molecule has 1 fully saturated rings. The van der Waals surface area contributed by atoms with Crippen LogP contribution in [-0.4, -0.2) is 51.3 Å². The van der Waals surface area contributed by atoms with Crippen LogP contribution >= 0.6 is 0 Å². The first-order chi connectivity index (χ1) is 9.40. The lowest BCUT2D eigenvalue weighted by Crippen LogP contribution is -2.42. The van der Waals surface area contributed by atoms with Crippen molar-refractivity contribution in [2.45, 2.75) is 45.3 Å². The van der Waals surface area contributed by atoms with Crippen molar-refractivity contribution in [3.05, 3.63) is 11.7 Å². The Hall–Kier alpha value is -1.47. The highest BCUT2D eigenvalue weighted by Crippen LogP contribution is 2.21. The first kappa shape index (κ1) is 14.9. The van der Waals surface area contributed by atoms with Crippen molar-refractivity contribution >= 4 is 5.91 Å². The summed E-state index contributed by atoms with van der Waals surface area (Å²) in [4.78, 5) is 18.0. The van der Waals surface area contributed by atoms with Crippen molar-refractivity contribution in [2.24, 2.45) is 0 Å². The van der Waals surface area contributed by atoms with Crippen LogP contribution in [0.25, 0.3) is 0 Å². The zero-order chi connectivity index (χ0) is 14.8. The second-order valence-corrected chi connectivity index (χ2v) is 5.74. The third kappa shape index (κ3) is 3.55. The first-order valence-corrected chi connectivity index (χ1v) is 6.99. The molecule has 2 heterocycles. The molecule has 112 valence electrons. The summed E-state index contributed by atoms with van der Waals surface area (Å²) in [5.41, 5.74) is -0.953. The maximum Gasteiger partial charge on any atom is 0.295 e. The number of aromatic nitrogens is 2. The molecule has 1 amide bonds. The Morgan fingerprint density at radius 1 is 1.60 bits per heavy atom. The van der Waals surface area contributed by atoms with Gasteiger partial charge in [-0.3, -0.25) is 4.79 Å². The van der Waals surface area contributed by atoms with Crippen molar-refractivity contribution in [1.82, 2.24) is 20.4 Å². The fourth-order valence-electron chi connectivity index (χ4n) is 2.29. The molecule has 0 spiro atoms. The standard InChI is InChI=1S/C13H22N4O3/c1-4-17(8-13(2,3)19)12(18)10-15-11(20-16-10)9-6-5-7-14-9/h9,14,19H,4-8H2,1-3H3. The Morgan fingerprint density at radius 3 is 2.90 bits per heavy atom. The van der Waals surface area contributed by atoms with E-state index in [2.05, 4.69) is 15.5 Å². The van der Waals surface area contributed by atoms with Gasteiger partial charge >= 0.3 is 0 Å². The average molecular weight is 282 g/mol. The molecule has 1 atom stereocenters. The zero-order valence-corrected chi connectivity index (χ0v) is 12.2. The number of hydrogen-bond acceptors (Lipinski definition) is 6. The summed E-state index contributed by atoms with van der Waals surface area (Å²) < 4.78 is 5.16. The summed E-state index contributed by atoms with van der Waals surface area (Å²) in [5, 5.41) is 16.8.